The minimum Gasteiger partial charge on any atom is -0.375 e. The van der Waals surface area contributed by atoms with Gasteiger partial charge < -0.3 is 5.73 Å². The third kappa shape index (κ3) is 2.50. The number of anilines is 1. The summed E-state index contributed by atoms with van der Waals surface area (Å²) in [6, 6.07) is 8.76. The van der Waals surface area contributed by atoms with E-state index in [1.807, 2.05) is 6.92 Å². The first-order chi connectivity index (χ1) is 8.11. The number of benzene rings is 1. The number of nitrogens with zero attached hydrogens (tertiary/aromatic N) is 1. The van der Waals surface area contributed by atoms with Gasteiger partial charge in [-0.1, -0.05) is 38.1 Å². The van der Waals surface area contributed by atoms with Crippen molar-refractivity contribution in [3.63, 3.8) is 0 Å². The van der Waals surface area contributed by atoms with Gasteiger partial charge in [-0.15, -0.1) is 11.3 Å². The van der Waals surface area contributed by atoms with Gasteiger partial charge in [-0.3, -0.25) is 0 Å². The Kier molecular flexibility index (Phi) is 3.48. The van der Waals surface area contributed by atoms with E-state index in [1.54, 1.807) is 11.3 Å². The number of thiazole rings is 1. The van der Waals surface area contributed by atoms with E-state index in [4.69, 9.17) is 5.73 Å². The molecule has 2 nitrogen and oxygen atoms in total. The second-order valence-electron chi connectivity index (χ2n) is 4.32. The lowest BCUT2D eigenvalue weighted by Gasteiger charge is -2.11. The van der Waals surface area contributed by atoms with Crippen LogP contribution in [-0.4, -0.2) is 4.98 Å². The Morgan fingerprint density at radius 2 is 2.18 bits per heavy atom. The first-order valence-corrected chi connectivity index (χ1v) is 6.75. The molecule has 90 valence electrons. The lowest BCUT2D eigenvalue weighted by Crippen LogP contribution is -1.96. The van der Waals surface area contributed by atoms with Gasteiger partial charge in [0.1, 0.15) is 0 Å². The Morgan fingerprint density at radius 1 is 1.41 bits per heavy atom. The van der Waals surface area contributed by atoms with Crippen molar-refractivity contribution in [3.8, 4) is 0 Å². The van der Waals surface area contributed by atoms with Gasteiger partial charge >= 0.3 is 0 Å². The molecular weight excluding hydrogens is 228 g/mol. The summed E-state index contributed by atoms with van der Waals surface area (Å²) >= 11 is 1.60. The summed E-state index contributed by atoms with van der Waals surface area (Å²) in [4.78, 5) is 5.57. The molecular formula is C14H18N2S. The predicted octanol–water partition coefficient (Wildman–Crippen LogP) is 3.75. The van der Waals surface area contributed by atoms with Gasteiger partial charge in [0.25, 0.3) is 0 Å². The molecule has 2 aromatic rings. The van der Waals surface area contributed by atoms with Crippen molar-refractivity contribution in [2.75, 3.05) is 5.73 Å². The second kappa shape index (κ2) is 4.88. The maximum absolute atomic E-state index is 5.76. The number of rotatable bonds is 3. The number of hydrogen-bond donors (Lipinski definition) is 1. The number of aromatic nitrogens is 1. The molecule has 0 aliphatic rings. The van der Waals surface area contributed by atoms with Crippen LogP contribution in [0, 0.1) is 6.92 Å². The Morgan fingerprint density at radius 3 is 2.76 bits per heavy atom. The summed E-state index contributed by atoms with van der Waals surface area (Å²) in [6.07, 6.45) is 1.07. The smallest absolute Gasteiger partial charge is 0.180 e. The summed E-state index contributed by atoms with van der Waals surface area (Å²) in [5, 5.41) is 0.663. The summed E-state index contributed by atoms with van der Waals surface area (Å²) in [6.45, 7) is 6.43. The van der Waals surface area contributed by atoms with E-state index in [1.165, 1.54) is 16.0 Å². The highest BCUT2D eigenvalue weighted by molar-refractivity contribution is 7.15. The van der Waals surface area contributed by atoms with Crippen LogP contribution in [-0.2, 0) is 6.42 Å². The van der Waals surface area contributed by atoms with Crippen LogP contribution in [0.25, 0.3) is 0 Å². The standard InChI is InChI=1S/C14H18N2S/c1-4-11-6-5-7-12(8-11)9(2)13-10(3)16-14(15)17-13/h5-9H,4H2,1-3H3,(H2,15,16). The van der Waals surface area contributed by atoms with E-state index in [2.05, 4.69) is 43.1 Å². The van der Waals surface area contributed by atoms with Gasteiger partial charge in [0.05, 0.1) is 5.69 Å². The largest absolute Gasteiger partial charge is 0.375 e. The van der Waals surface area contributed by atoms with Crippen LogP contribution in [0.2, 0.25) is 0 Å². The van der Waals surface area contributed by atoms with Crippen LogP contribution in [0.1, 0.15) is 41.5 Å². The number of aryl methyl sites for hydroxylation is 2. The first-order valence-electron chi connectivity index (χ1n) is 5.93. The minimum absolute atomic E-state index is 0.372. The van der Waals surface area contributed by atoms with Crippen molar-refractivity contribution in [1.82, 2.24) is 4.98 Å². The fraction of sp³-hybridized carbons (Fsp3) is 0.357. The van der Waals surface area contributed by atoms with Crippen molar-refractivity contribution < 1.29 is 0 Å². The molecule has 0 aliphatic carbocycles. The molecule has 2 N–H and O–H groups in total. The molecule has 0 amide bonds. The van der Waals surface area contributed by atoms with E-state index < -0.39 is 0 Å². The molecule has 17 heavy (non-hydrogen) atoms. The molecule has 1 unspecified atom stereocenters. The number of nitrogen functional groups attached to an aromatic ring is 1. The molecule has 0 bridgehead atoms. The van der Waals surface area contributed by atoms with Crippen molar-refractivity contribution in [1.29, 1.82) is 0 Å². The van der Waals surface area contributed by atoms with Crippen molar-refractivity contribution >= 4 is 16.5 Å². The fourth-order valence-corrected chi connectivity index (χ4v) is 2.98. The quantitative estimate of drug-likeness (QED) is 0.895. The predicted molar refractivity (Wildman–Crippen MR) is 74.6 cm³/mol. The van der Waals surface area contributed by atoms with Crippen LogP contribution < -0.4 is 5.73 Å². The van der Waals surface area contributed by atoms with E-state index in [0.29, 0.717) is 11.0 Å². The average molecular weight is 246 g/mol. The third-order valence-electron chi connectivity index (χ3n) is 3.10. The van der Waals surface area contributed by atoms with Crippen LogP contribution in [0.5, 0.6) is 0 Å². The highest BCUT2D eigenvalue weighted by Crippen LogP contribution is 2.32. The summed E-state index contributed by atoms with van der Waals surface area (Å²) in [5.41, 5.74) is 9.54. The molecule has 1 atom stereocenters. The summed E-state index contributed by atoms with van der Waals surface area (Å²) in [5.74, 6) is 0.372. The molecule has 1 heterocycles. The Hall–Kier alpha value is -1.35. The van der Waals surface area contributed by atoms with E-state index >= 15 is 0 Å². The van der Waals surface area contributed by atoms with Crippen molar-refractivity contribution in [2.24, 2.45) is 0 Å². The van der Waals surface area contributed by atoms with Gasteiger partial charge in [0.15, 0.2) is 5.13 Å². The average Bonchev–Trinajstić information content (AvgIpc) is 2.67. The lowest BCUT2D eigenvalue weighted by molar-refractivity contribution is 0.921. The number of nitrogens with two attached hydrogens (primary N) is 1. The maximum Gasteiger partial charge on any atom is 0.180 e. The molecule has 1 aromatic carbocycles. The van der Waals surface area contributed by atoms with Gasteiger partial charge in [-0.2, -0.15) is 0 Å². The molecule has 0 aliphatic heterocycles. The molecule has 0 fully saturated rings. The van der Waals surface area contributed by atoms with Crippen LogP contribution in [0.15, 0.2) is 24.3 Å². The fourth-order valence-electron chi connectivity index (χ4n) is 2.07. The Labute approximate surface area is 107 Å². The van der Waals surface area contributed by atoms with Gasteiger partial charge in [0.2, 0.25) is 0 Å². The zero-order valence-corrected chi connectivity index (χ0v) is 11.3. The maximum atomic E-state index is 5.76. The Balaban J connectivity index is 2.36. The molecule has 2 rings (SSSR count). The molecule has 1 aromatic heterocycles. The topological polar surface area (TPSA) is 38.9 Å². The number of hydrogen-bond acceptors (Lipinski definition) is 3. The van der Waals surface area contributed by atoms with Crippen LogP contribution >= 0.6 is 11.3 Å². The van der Waals surface area contributed by atoms with E-state index in [-0.39, 0.29) is 0 Å². The van der Waals surface area contributed by atoms with Crippen LogP contribution in [0.4, 0.5) is 5.13 Å². The van der Waals surface area contributed by atoms with E-state index in [9.17, 15) is 0 Å². The lowest BCUT2D eigenvalue weighted by atomic mass is 9.96. The third-order valence-corrected chi connectivity index (χ3v) is 4.27. The molecule has 0 spiro atoms. The van der Waals surface area contributed by atoms with Crippen molar-refractivity contribution in [3.05, 3.63) is 46.0 Å². The minimum atomic E-state index is 0.372. The highest BCUT2D eigenvalue weighted by atomic mass is 32.1. The van der Waals surface area contributed by atoms with E-state index in [0.717, 1.165) is 12.1 Å². The molecule has 0 saturated carbocycles. The summed E-state index contributed by atoms with van der Waals surface area (Å²) < 4.78 is 0. The zero-order valence-electron chi connectivity index (χ0n) is 10.5. The Bertz CT molecular complexity index is 517. The van der Waals surface area contributed by atoms with Gasteiger partial charge in [-0.05, 0) is 24.5 Å². The second-order valence-corrected chi connectivity index (χ2v) is 5.38. The molecule has 3 heteroatoms. The van der Waals surface area contributed by atoms with Gasteiger partial charge in [0, 0.05) is 10.8 Å². The van der Waals surface area contributed by atoms with Gasteiger partial charge in [-0.25, -0.2) is 4.98 Å². The van der Waals surface area contributed by atoms with Crippen molar-refractivity contribution in [2.45, 2.75) is 33.1 Å². The monoisotopic (exact) mass is 246 g/mol. The molecule has 0 saturated heterocycles. The molecule has 0 radical (unpaired) electrons. The normalized spacial score (nSPS) is 12.6. The zero-order chi connectivity index (χ0) is 12.4. The van der Waals surface area contributed by atoms with Crippen LogP contribution in [0.3, 0.4) is 0 Å². The first kappa shape index (κ1) is 12.1. The summed E-state index contributed by atoms with van der Waals surface area (Å²) in [7, 11) is 0. The highest BCUT2D eigenvalue weighted by Gasteiger charge is 2.15. The SMILES string of the molecule is CCc1cccc(C(C)c2sc(N)nc2C)c1.